The zero-order chi connectivity index (χ0) is 77.3. The van der Waals surface area contributed by atoms with Crippen molar-refractivity contribution < 1.29 is 96.8 Å². The highest BCUT2D eigenvalue weighted by molar-refractivity contribution is 6.01. The van der Waals surface area contributed by atoms with Crippen LogP contribution >= 0.6 is 0 Å². The van der Waals surface area contributed by atoms with E-state index in [1.165, 1.54) is 28.5 Å². The van der Waals surface area contributed by atoms with E-state index >= 15 is 0 Å². The number of hydrogen-bond donors (Lipinski definition) is 16. The zero-order valence-corrected chi connectivity index (χ0v) is 60.7. The molecule has 578 valence electrons. The Labute approximate surface area is 599 Å². The third-order valence-electron chi connectivity index (χ3n) is 18.6. The lowest BCUT2D eigenvalue weighted by Crippen LogP contribution is -2.61. The minimum Gasteiger partial charge on any atom is -0.481 e. The lowest BCUT2D eigenvalue weighted by Gasteiger charge is -2.33. The summed E-state index contributed by atoms with van der Waals surface area (Å²) in [6, 6.07) is -17.7. The minimum atomic E-state index is -1.92. The zero-order valence-electron chi connectivity index (χ0n) is 60.7. The summed E-state index contributed by atoms with van der Waals surface area (Å²) in [4.78, 5) is 232. The number of primary amides is 1. The van der Waals surface area contributed by atoms with Gasteiger partial charge in [-0.05, 0) is 141 Å². The maximum absolute atomic E-state index is 14.7. The van der Waals surface area contributed by atoms with Crippen LogP contribution in [0.2, 0.25) is 0 Å². The number of carbonyl (C=O) groups excluding carboxylic acids is 14. The van der Waals surface area contributed by atoms with E-state index in [0.717, 1.165) is 6.42 Å². The molecule has 0 aromatic heterocycles. The standard InChI is InChI=1S/C67H110N16O20/c1-33(2)31-43(59(94)78-51(34(3)4)63(98)74-40(17-11-12-26-68)57(92)73-41(22-24-48(69)84)58(93)77-44(67(102)103)32-50(87)88)76-61(96)46-20-16-30-83(46)66(101)53(36(7)8)80-62(97)47-21-14-28-81(47)64(99)42(23-25-49(85)86)75-55(90)38(10)71-54(89)37(9)72-60(95)45-19-15-29-82(45)65(100)52(35(5)6)79-56(91)39-18-13-27-70-39/h33-47,51-53,70H,11-32,68H2,1-10H3,(H2,69,84)(H,71,89)(H,72,95)(H,73,92)(H,74,98)(H,75,90)(H,76,96)(H,77,93)(H,78,94)(H,79,91)(H,80,97)(H,85,86)(H,87,88)(H,102,103)/t37-,38-,39-,40-,41-,42-,43-,44-,45-,46-,47-,51-,52-,53-/m0/s1. The van der Waals surface area contributed by atoms with Gasteiger partial charge in [-0.2, -0.15) is 0 Å². The Morgan fingerprint density at radius 1 is 0.417 bits per heavy atom. The van der Waals surface area contributed by atoms with Gasteiger partial charge in [-0.3, -0.25) is 76.7 Å². The minimum absolute atomic E-state index is 0.00857. The molecule has 4 saturated heterocycles. The summed E-state index contributed by atoms with van der Waals surface area (Å²) in [5, 5.41) is 57.3. The lowest BCUT2D eigenvalue weighted by molar-refractivity contribution is -0.147. The molecule has 14 amide bonds. The molecule has 36 nitrogen and oxygen atoms in total. The van der Waals surface area contributed by atoms with Gasteiger partial charge in [-0.1, -0.05) is 55.4 Å². The second-order valence-corrected chi connectivity index (χ2v) is 28.5. The molecule has 4 fully saturated rings. The van der Waals surface area contributed by atoms with Crippen LogP contribution in [0.15, 0.2) is 0 Å². The van der Waals surface area contributed by atoms with Gasteiger partial charge in [-0.25, -0.2) is 4.79 Å². The van der Waals surface area contributed by atoms with Gasteiger partial charge in [0.15, 0.2) is 0 Å². The molecule has 4 rings (SSSR count). The van der Waals surface area contributed by atoms with Gasteiger partial charge in [0, 0.05) is 32.5 Å². The third-order valence-corrected chi connectivity index (χ3v) is 18.6. The average Bonchev–Trinajstić information content (AvgIpc) is 1.73. The first-order valence-electron chi connectivity index (χ1n) is 35.7. The van der Waals surface area contributed by atoms with Crippen LogP contribution in [-0.4, -0.2) is 248 Å². The predicted molar refractivity (Wildman–Crippen MR) is 368 cm³/mol. The Morgan fingerprint density at radius 3 is 1.32 bits per heavy atom. The molecular weight excluding hydrogens is 1350 g/mol. The first-order chi connectivity index (χ1) is 48.4. The molecule has 0 aromatic rings. The highest BCUT2D eigenvalue weighted by Crippen LogP contribution is 2.26. The van der Waals surface area contributed by atoms with Crippen LogP contribution in [0.25, 0.3) is 0 Å². The molecule has 14 atom stereocenters. The number of amides is 14. The molecule has 18 N–H and O–H groups in total. The third kappa shape index (κ3) is 26.3. The van der Waals surface area contributed by atoms with Crippen molar-refractivity contribution in [3.8, 4) is 0 Å². The van der Waals surface area contributed by atoms with Gasteiger partial charge < -0.3 is 100.0 Å². The van der Waals surface area contributed by atoms with Gasteiger partial charge in [0.2, 0.25) is 82.7 Å². The number of nitrogens with one attached hydrogen (secondary N) is 11. The van der Waals surface area contributed by atoms with E-state index in [-0.39, 0.29) is 88.9 Å². The molecule has 0 bridgehead atoms. The van der Waals surface area contributed by atoms with Crippen LogP contribution in [-0.2, 0) is 81.5 Å². The van der Waals surface area contributed by atoms with E-state index in [1.807, 2.05) is 5.32 Å². The highest BCUT2D eigenvalue weighted by atomic mass is 16.4. The molecular formula is C67H110N16O20. The number of likely N-dealkylation sites (tertiary alicyclic amines) is 3. The normalized spacial score (nSPS) is 20.2. The van der Waals surface area contributed by atoms with Gasteiger partial charge >= 0.3 is 17.9 Å². The van der Waals surface area contributed by atoms with E-state index in [0.29, 0.717) is 32.2 Å². The Morgan fingerprint density at radius 2 is 0.854 bits per heavy atom. The molecule has 4 aliphatic heterocycles. The van der Waals surface area contributed by atoms with Crippen molar-refractivity contribution in [3.05, 3.63) is 0 Å². The van der Waals surface area contributed by atoms with Crippen molar-refractivity contribution in [2.24, 2.45) is 35.1 Å². The Kier molecular flexibility index (Phi) is 34.6. The fourth-order valence-corrected chi connectivity index (χ4v) is 12.8. The topological polar surface area (TPSA) is 545 Å². The fourth-order valence-electron chi connectivity index (χ4n) is 12.8. The number of aliphatic carboxylic acids is 3. The van der Waals surface area contributed by atoms with E-state index in [1.54, 1.807) is 55.4 Å². The van der Waals surface area contributed by atoms with Crippen LogP contribution < -0.4 is 70.0 Å². The monoisotopic (exact) mass is 1460 g/mol. The molecule has 36 heteroatoms. The fraction of sp³-hybridized carbons (Fsp3) is 0.746. The van der Waals surface area contributed by atoms with Crippen molar-refractivity contribution in [1.82, 2.24) is 73.2 Å². The summed E-state index contributed by atoms with van der Waals surface area (Å²) in [6.07, 6.45) is 0.696. The Bertz CT molecular complexity index is 3070. The molecule has 0 spiro atoms. The van der Waals surface area contributed by atoms with Crippen LogP contribution in [0.3, 0.4) is 0 Å². The number of rotatable bonds is 41. The van der Waals surface area contributed by atoms with E-state index < -0.39 is 223 Å². The quantitative estimate of drug-likeness (QED) is 0.0263. The van der Waals surface area contributed by atoms with Crippen LogP contribution in [0.4, 0.5) is 0 Å². The highest BCUT2D eigenvalue weighted by Gasteiger charge is 2.45. The first-order valence-corrected chi connectivity index (χ1v) is 35.7. The maximum Gasteiger partial charge on any atom is 0.326 e. The average molecular weight is 1460 g/mol. The summed E-state index contributed by atoms with van der Waals surface area (Å²) in [5.74, 6) is -17.2. The Balaban J connectivity index is 1.43. The summed E-state index contributed by atoms with van der Waals surface area (Å²) in [7, 11) is 0. The molecule has 0 unspecified atom stereocenters. The summed E-state index contributed by atoms with van der Waals surface area (Å²) in [5.41, 5.74) is 11.0. The summed E-state index contributed by atoms with van der Waals surface area (Å²) < 4.78 is 0. The van der Waals surface area contributed by atoms with Crippen molar-refractivity contribution in [3.63, 3.8) is 0 Å². The van der Waals surface area contributed by atoms with Crippen LogP contribution in [0.1, 0.15) is 178 Å². The van der Waals surface area contributed by atoms with E-state index in [4.69, 9.17) is 11.5 Å². The molecule has 0 saturated carbocycles. The van der Waals surface area contributed by atoms with Gasteiger partial charge in [-0.15, -0.1) is 0 Å². The number of unbranched alkanes of at least 4 members (excludes halogenated alkanes) is 1. The number of carboxylic acid groups (broad SMARTS) is 3. The van der Waals surface area contributed by atoms with Crippen molar-refractivity contribution in [1.29, 1.82) is 0 Å². The van der Waals surface area contributed by atoms with Crippen molar-refractivity contribution in [2.45, 2.75) is 263 Å². The number of nitrogens with zero attached hydrogens (tertiary/aromatic N) is 3. The molecule has 4 aliphatic rings. The van der Waals surface area contributed by atoms with Crippen molar-refractivity contribution >= 4 is 101 Å². The second-order valence-electron chi connectivity index (χ2n) is 28.5. The lowest BCUT2D eigenvalue weighted by atomic mass is 9.98. The van der Waals surface area contributed by atoms with Crippen LogP contribution in [0.5, 0.6) is 0 Å². The number of hydrogen-bond acceptors (Lipinski definition) is 19. The Hall–Kier alpha value is -9.09. The molecule has 4 heterocycles. The van der Waals surface area contributed by atoms with Gasteiger partial charge in [0.05, 0.1) is 12.5 Å². The van der Waals surface area contributed by atoms with Crippen molar-refractivity contribution in [2.75, 3.05) is 32.7 Å². The molecule has 0 aromatic carbocycles. The number of nitrogens with two attached hydrogens (primary N) is 2. The molecule has 0 aliphatic carbocycles. The first kappa shape index (κ1) is 86.3. The number of carbonyl (C=O) groups is 17. The maximum atomic E-state index is 14.7. The van der Waals surface area contributed by atoms with Gasteiger partial charge in [0.1, 0.15) is 78.5 Å². The summed E-state index contributed by atoms with van der Waals surface area (Å²) in [6.45, 7) is 17.4. The SMILES string of the molecule is CC(C)C[C@H](NC(=O)[C@@H]1CCCN1C(=O)[C@@H](NC(=O)[C@@H]1CCCN1C(=O)[C@H](CCC(=O)O)NC(=O)[C@H](C)NC(=O)[C@H](C)NC(=O)[C@@H]1CCCN1C(=O)[C@@H](NC(=O)[C@@H]1CCCN1)C(C)C)C(C)C)C(=O)N[C@H](C(=O)N[C@@H](CCCCN)C(=O)N[C@@H](CCC(N)=O)C(=O)N[C@@H](CC(=O)O)C(=O)O)C(C)C. The predicted octanol–water partition coefficient (Wildman–Crippen LogP) is -3.57. The number of carboxylic acids is 3. The molecule has 0 radical (unpaired) electrons. The second kappa shape index (κ2) is 41.3. The van der Waals surface area contributed by atoms with E-state index in [9.17, 15) is 96.8 Å². The smallest absolute Gasteiger partial charge is 0.326 e. The van der Waals surface area contributed by atoms with E-state index in [2.05, 4.69) is 53.2 Å². The molecule has 103 heavy (non-hydrogen) atoms. The largest absolute Gasteiger partial charge is 0.481 e. The summed E-state index contributed by atoms with van der Waals surface area (Å²) >= 11 is 0. The van der Waals surface area contributed by atoms with Gasteiger partial charge in [0.25, 0.3) is 0 Å². The van der Waals surface area contributed by atoms with Crippen LogP contribution in [0, 0.1) is 23.7 Å².